The number of aromatic nitrogens is 1. The van der Waals surface area contributed by atoms with Gasteiger partial charge in [0.2, 0.25) is 0 Å². The second-order valence-corrected chi connectivity index (χ2v) is 9.29. The third-order valence-corrected chi connectivity index (χ3v) is 6.53. The molecule has 8 heteroatoms. The summed E-state index contributed by atoms with van der Waals surface area (Å²) in [7, 11) is 0. The Labute approximate surface area is 233 Å². The highest BCUT2D eigenvalue weighted by atomic mass is 19.4. The average molecular weight is 553 g/mol. The molecule has 204 valence electrons. The maximum atomic E-state index is 13.9. The van der Waals surface area contributed by atoms with E-state index in [1.165, 1.54) is 18.3 Å². The number of aliphatic carboxylic acids is 1. The summed E-state index contributed by atoms with van der Waals surface area (Å²) in [6, 6.07) is 26.9. The molecule has 5 aromatic rings. The van der Waals surface area contributed by atoms with Crippen LogP contribution in [0.3, 0.4) is 0 Å². The van der Waals surface area contributed by atoms with Gasteiger partial charge in [-0.2, -0.15) is 13.2 Å². The van der Waals surface area contributed by atoms with Crippen molar-refractivity contribution in [2.45, 2.75) is 12.7 Å². The first-order valence-electron chi connectivity index (χ1n) is 12.6. The van der Waals surface area contributed by atoms with E-state index in [1.807, 2.05) is 18.2 Å². The quantitative estimate of drug-likeness (QED) is 0.151. The minimum absolute atomic E-state index is 0.199. The van der Waals surface area contributed by atoms with Crippen molar-refractivity contribution in [1.29, 1.82) is 0 Å². The molecule has 5 rings (SSSR count). The van der Waals surface area contributed by atoms with Crippen LogP contribution in [-0.4, -0.2) is 21.8 Å². The van der Waals surface area contributed by atoms with Crippen molar-refractivity contribution in [2.75, 3.05) is 5.32 Å². The standard InChI is InChI=1S/C33H23F3N2O3/c34-33(35,36)28-11-5-10-26-30(27(20-38-31(26)28)32(41)23-6-2-1-3-7-23)24-8-4-9-25(18-24)37-19-22-14-12-21(13-15-22)16-17-29(39)40/h1-18,20,37H,19H2,(H,39,40)/b17-16+. The summed E-state index contributed by atoms with van der Waals surface area (Å²) in [6.07, 6.45) is -0.823. The van der Waals surface area contributed by atoms with Crippen LogP contribution in [0.2, 0.25) is 0 Å². The molecule has 0 aliphatic rings. The van der Waals surface area contributed by atoms with Crippen molar-refractivity contribution < 1.29 is 27.9 Å². The van der Waals surface area contributed by atoms with Crippen LogP contribution in [0.4, 0.5) is 18.9 Å². The molecular weight excluding hydrogens is 529 g/mol. The molecule has 4 aromatic carbocycles. The van der Waals surface area contributed by atoms with Gasteiger partial charge in [0, 0.05) is 46.6 Å². The number of carboxylic acid groups (broad SMARTS) is 1. The Morgan fingerprint density at radius 2 is 1.61 bits per heavy atom. The summed E-state index contributed by atoms with van der Waals surface area (Å²) in [5.74, 6) is -1.37. The molecule has 0 saturated carbocycles. The number of carbonyl (C=O) groups excluding carboxylic acids is 1. The van der Waals surface area contributed by atoms with Gasteiger partial charge < -0.3 is 10.4 Å². The molecule has 0 saturated heterocycles. The van der Waals surface area contributed by atoms with E-state index in [2.05, 4.69) is 10.3 Å². The molecule has 0 radical (unpaired) electrons. The van der Waals surface area contributed by atoms with Crippen LogP contribution in [0.1, 0.15) is 32.6 Å². The van der Waals surface area contributed by atoms with E-state index in [1.54, 1.807) is 66.7 Å². The van der Waals surface area contributed by atoms with E-state index in [9.17, 15) is 22.8 Å². The van der Waals surface area contributed by atoms with Crippen LogP contribution in [0, 0.1) is 0 Å². The molecule has 1 heterocycles. The smallest absolute Gasteiger partial charge is 0.418 e. The number of hydrogen-bond donors (Lipinski definition) is 2. The highest BCUT2D eigenvalue weighted by Gasteiger charge is 2.34. The summed E-state index contributed by atoms with van der Waals surface area (Å²) >= 11 is 0. The minimum Gasteiger partial charge on any atom is -0.478 e. The van der Waals surface area contributed by atoms with E-state index < -0.39 is 17.7 Å². The highest BCUT2D eigenvalue weighted by Crippen LogP contribution is 2.39. The van der Waals surface area contributed by atoms with E-state index in [0.717, 1.165) is 23.3 Å². The Balaban J connectivity index is 1.54. The maximum absolute atomic E-state index is 13.9. The maximum Gasteiger partial charge on any atom is 0.418 e. The van der Waals surface area contributed by atoms with Crippen molar-refractivity contribution in [1.82, 2.24) is 4.98 Å². The van der Waals surface area contributed by atoms with Crippen LogP contribution >= 0.6 is 0 Å². The number of pyridine rings is 1. The van der Waals surface area contributed by atoms with E-state index in [-0.39, 0.29) is 22.2 Å². The van der Waals surface area contributed by atoms with Crippen LogP contribution in [-0.2, 0) is 17.5 Å². The van der Waals surface area contributed by atoms with Gasteiger partial charge in [-0.15, -0.1) is 0 Å². The Morgan fingerprint density at radius 1 is 0.878 bits per heavy atom. The van der Waals surface area contributed by atoms with Gasteiger partial charge >= 0.3 is 12.1 Å². The molecule has 2 N–H and O–H groups in total. The molecule has 1 aromatic heterocycles. The van der Waals surface area contributed by atoms with Gasteiger partial charge in [-0.3, -0.25) is 9.78 Å². The monoisotopic (exact) mass is 552 g/mol. The number of ketones is 1. The first-order valence-corrected chi connectivity index (χ1v) is 12.6. The zero-order valence-electron chi connectivity index (χ0n) is 21.5. The number of benzene rings is 4. The fraction of sp³-hybridized carbons (Fsp3) is 0.0606. The Bertz CT molecular complexity index is 1760. The molecule has 5 nitrogen and oxygen atoms in total. The number of carbonyl (C=O) groups is 2. The lowest BCUT2D eigenvalue weighted by Gasteiger charge is -2.16. The lowest BCUT2D eigenvalue weighted by Crippen LogP contribution is -2.09. The van der Waals surface area contributed by atoms with Gasteiger partial charge in [0.25, 0.3) is 0 Å². The van der Waals surface area contributed by atoms with Crippen LogP contribution in [0.5, 0.6) is 0 Å². The van der Waals surface area contributed by atoms with Gasteiger partial charge in [0.1, 0.15) is 0 Å². The minimum atomic E-state index is -4.61. The van der Waals surface area contributed by atoms with Crippen LogP contribution in [0.25, 0.3) is 28.1 Å². The zero-order valence-corrected chi connectivity index (χ0v) is 21.5. The fourth-order valence-electron chi connectivity index (χ4n) is 4.58. The number of hydrogen-bond acceptors (Lipinski definition) is 4. The summed E-state index contributed by atoms with van der Waals surface area (Å²) in [6.45, 7) is 0.442. The summed E-state index contributed by atoms with van der Waals surface area (Å²) in [5.41, 5.74) is 2.82. The molecule has 0 aliphatic heterocycles. The molecule has 0 amide bonds. The summed E-state index contributed by atoms with van der Waals surface area (Å²) in [5, 5.41) is 12.3. The molecule has 0 bridgehead atoms. The predicted octanol–water partition coefficient (Wildman–Crippen LogP) is 7.86. The van der Waals surface area contributed by atoms with Gasteiger partial charge in [-0.05, 0) is 41.0 Å². The first-order chi connectivity index (χ1) is 19.7. The second-order valence-electron chi connectivity index (χ2n) is 9.29. The van der Waals surface area contributed by atoms with E-state index in [4.69, 9.17) is 5.11 Å². The van der Waals surface area contributed by atoms with E-state index >= 15 is 0 Å². The third kappa shape index (κ3) is 6.17. The van der Waals surface area contributed by atoms with Crippen molar-refractivity contribution in [3.05, 3.63) is 137 Å². The number of anilines is 1. The topological polar surface area (TPSA) is 79.3 Å². The average Bonchev–Trinajstić information content (AvgIpc) is 2.98. The largest absolute Gasteiger partial charge is 0.478 e. The number of nitrogens with zero attached hydrogens (tertiary/aromatic N) is 1. The summed E-state index contributed by atoms with van der Waals surface area (Å²) in [4.78, 5) is 28.4. The fourth-order valence-corrected chi connectivity index (χ4v) is 4.58. The molecule has 0 fully saturated rings. The lowest BCUT2D eigenvalue weighted by molar-refractivity contribution is -0.136. The van der Waals surface area contributed by atoms with Gasteiger partial charge in [0.15, 0.2) is 5.78 Å². The molecule has 0 atom stereocenters. The predicted molar refractivity (Wildman–Crippen MR) is 152 cm³/mol. The Morgan fingerprint density at radius 3 is 2.32 bits per heavy atom. The summed E-state index contributed by atoms with van der Waals surface area (Å²) < 4.78 is 41.6. The number of fused-ring (bicyclic) bond motifs is 1. The number of halogens is 3. The van der Waals surface area contributed by atoms with Gasteiger partial charge in [0.05, 0.1) is 11.1 Å². The normalized spacial score (nSPS) is 11.6. The second kappa shape index (κ2) is 11.5. The first kappa shape index (κ1) is 27.3. The number of nitrogens with one attached hydrogen (secondary N) is 1. The number of rotatable bonds is 8. The number of carboxylic acids is 1. The highest BCUT2D eigenvalue weighted by molar-refractivity contribution is 6.16. The van der Waals surface area contributed by atoms with Crippen molar-refractivity contribution in [3.63, 3.8) is 0 Å². The molecule has 0 spiro atoms. The van der Waals surface area contributed by atoms with Crippen molar-refractivity contribution in [2.24, 2.45) is 0 Å². The Hall–Kier alpha value is -5.24. The van der Waals surface area contributed by atoms with Crippen molar-refractivity contribution >= 4 is 34.4 Å². The van der Waals surface area contributed by atoms with Crippen LogP contribution in [0.15, 0.2) is 109 Å². The van der Waals surface area contributed by atoms with Crippen LogP contribution < -0.4 is 5.32 Å². The number of para-hydroxylation sites is 1. The molecule has 0 aliphatic carbocycles. The van der Waals surface area contributed by atoms with Gasteiger partial charge in [-0.25, -0.2) is 4.79 Å². The molecular formula is C33H23F3N2O3. The zero-order chi connectivity index (χ0) is 29.0. The van der Waals surface area contributed by atoms with Crippen molar-refractivity contribution in [3.8, 4) is 11.1 Å². The van der Waals surface area contributed by atoms with E-state index in [0.29, 0.717) is 28.9 Å². The Kier molecular flexibility index (Phi) is 7.65. The third-order valence-electron chi connectivity index (χ3n) is 6.53. The van der Waals surface area contributed by atoms with Gasteiger partial charge in [-0.1, -0.05) is 78.9 Å². The molecule has 41 heavy (non-hydrogen) atoms. The molecule has 0 unspecified atom stereocenters. The lowest BCUT2D eigenvalue weighted by atomic mass is 9.91. The SMILES string of the molecule is O=C(O)/C=C/c1ccc(CNc2cccc(-c3c(C(=O)c4ccccc4)cnc4c(C(F)(F)F)cccc34)c2)cc1. The number of alkyl halides is 3.